The van der Waals surface area contributed by atoms with Crippen LogP contribution in [0.15, 0.2) is 0 Å². The summed E-state index contributed by atoms with van der Waals surface area (Å²) in [5.74, 6) is 1.42. The Morgan fingerprint density at radius 3 is 2.50 bits per heavy atom. The SMILES string of the molecule is CCCCC(C)C(CN)CCCC=N. The van der Waals surface area contributed by atoms with Crippen molar-refractivity contribution in [3.8, 4) is 0 Å². The van der Waals surface area contributed by atoms with E-state index in [0.29, 0.717) is 5.92 Å². The number of hydrogen-bond donors (Lipinski definition) is 2. The molecule has 0 aliphatic heterocycles. The molecule has 0 aliphatic rings. The first-order valence-electron chi connectivity index (χ1n) is 5.95. The fourth-order valence-electron chi connectivity index (χ4n) is 1.88. The molecule has 0 radical (unpaired) electrons. The first kappa shape index (κ1) is 13.6. The van der Waals surface area contributed by atoms with E-state index >= 15 is 0 Å². The van der Waals surface area contributed by atoms with E-state index in [1.807, 2.05) is 0 Å². The minimum Gasteiger partial charge on any atom is -0.330 e. The van der Waals surface area contributed by atoms with Crippen LogP contribution in [0.2, 0.25) is 0 Å². The second-order valence-electron chi connectivity index (χ2n) is 4.25. The van der Waals surface area contributed by atoms with Crippen LogP contribution in [-0.2, 0) is 0 Å². The molecule has 3 N–H and O–H groups in total. The second kappa shape index (κ2) is 9.20. The summed E-state index contributed by atoms with van der Waals surface area (Å²) in [6.07, 6.45) is 8.65. The normalized spacial score (nSPS) is 15.1. The molecule has 0 bridgehead atoms. The van der Waals surface area contributed by atoms with Gasteiger partial charge in [-0.2, -0.15) is 0 Å². The largest absolute Gasteiger partial charge is 0.330 e. The number of rotatable bonds is 9. The number of hydrogen-bond acceptors (Lipinski definition) is 2. The average molecular weight is 198 g/mol. The highest BCUT2D eigenvalue weighted by Crippen LogP contribution is 2.22. The van der Waals surface area contributed by atoms with E-state index in [2.05, 4.69) is 13.8 Å². The lowest BCUT2D eigenvalue weighted by Gasteiger charge is -2.22. The predicted octanol–water partition coefficient (Wildman–Crippen LogP) is 3.21. The molecule has 0 amide bonds. The maximum absolute atomic E-state index is 6.97. The van der Waals surface area contributed by atoms with Crippen molar-refractivity contribution in [2.45, 2.75) is 52.4 Å². The van der Waals surface area contributed by atoms with Gasteiger partial charge in [0.1, 0.15) is 0 Å². The van der Waals surface area contributed by atoms with Gasteiger partial charge in [-0.3, -0.25) is 0 Å². The third-order valence-corrected chi connectivity index (χ3v) is 3.04. The lowest BCUT2D eigenvalue weighted by molar-refractivity contribution is 0.314. The molecule has 0 aromatic rings. The molecule has 0 saturated heterocycles. The molecular weight excluding hydrogens is 172 g/mol. The molecule has 0 rings (SSSR count). The van der Waals surface area contributed by atoms with E-state index in [4.69, 9.17) is 11.1 Å². The van der Waals surface area contributed by atoms with Crippen LogP contribution in [0, 0.1) is 17.2 Å². The van der Waals surface area contributed by atoms with Crippen LogP contribution in [0.3, 0.4) is 0 Å². The van der Waals surface area contributed by atoms with Crippen LogP contribution in [0.25, 0.3) is 0 Å². The van der Waals surface area contributed by atoms with E-state index in [0.717, 1.165) is 25.3 Å². The molecule has 2 nitrogen and oxygen atoms in total. The minimum atomic E-state index is 0.668. The lowest BCUT2D eigenvalue weighted by atomic mass is 9.86. The van der Waals surface area contributed by atoms with Gasteiger partial charge in [0.2, 0.25) is 0 Å². The van der Waals surface area contributed by atoms with Crippen LogP contribution in [0.5, 0.6) is 0 Å². The molecule has 0 aromatic heterocycles. The molecule has 0 spiro atoms. The zero-order valence-electron chi connectivity index (χ0n) is 9.76. The average Bonchev–Trinajstić information content (AvgIpc) is 2.21. The molecule has 0 aromatic carbocycles. The van der Waals surface area contributed by atoms with E-state index in [1.54, 1.807) is 0 Å². The van der Waals surface area contributed by atoms with Crippen molar-refractivity contribution in [2.75, 3.05) is 6.54 Å². The monoisotopic (exact) mass is 198 g/mol. The first-order valence-corrected chi connectivity index (χ1v) is 5.95. The van der Waals surface area contributed by atoms with Crippen molar-refractivity contribution < 1.29 is 0 Å². The Labute approximate surface area is 88.8 Å². The maximum Gasteiger partial charge on any atom is -0.00463 e. The molecule has 2 unspecified atom stereocenters. The van der Waals surface area contributed by atoms with Crippen molar-refractivity contribution in [2.24, 2.45) is 17.6 Å². The summed E-state index contributed by atoms with van der Waals surface area (Å²) < 4.78 is 0. The summed E-state index contributed by atoms with van der Waals surface area (Å²) >= 11 is 0. The van der Waals surface area contributed by atoms with Gasteiger partial charge in [-0.1, -0.05) is 33.1 Å². The van der Waals surface area contributed by atoms with Gasteiger partial charge in [0.15, 0.2) is 0 Å². The molecular formula is C12H26N2. The second-order valence-corrected chi connectivity index (χ2v) is 4.25. The highest BCUT2D eigenvalue weighted by atomic mass is 14.6. The number of nitrogens with one attached hydrogen (secondary N) is 1. The van der Waals surface area contributed by atoms with E-state index in [1.165, 1.54) is 31.9 Å². The molecule has 14 heavy (non-hydrogen) atoms. The summed E-state index contributed by atoms with van der Waals surface area (Å²) in [5.41, 5.74) is 5.77. The van der Waals surface area contributed by atoms with Gasteiger partial charge in [0.05, 0.1) is 0 Å². The van der Waals surface area contributed by atoms with Crippen LogP contribution in [0.4, 0.5) is 0 Å². The third-order valence-electron chi connectivity index (χ3n) is 3.04. The van der Waals surface area contributed by atoms with Crippen molar-refractivity contribution in [1.82, 2.24) is 0 Å². The summed E-state index contributed by atoms with van der Waals surface area (Å²) in [6, 6.07) is 0. The van der Waals surface area contributed by atoms with Gasteiger partial charge in [-0.25, -0.2) is 0 Å². The van der Waals surface area contributed by atoms with Crippen LogP contribution in [0.1, 0.15) is 52.4 Å². The maximum atomic E-state index is 6.97. The predicted molar refractivity (Wildman–Crippen MR) is 63.9 cm³/mol. The van der Waals surface area contributed by atoms with E-state index < -0.39 is 0 Å². The van der Waals surface area contributed by atoms with Crippen molar-refractivity contribution in [1.29, 1.82) is 5.41 Å². The van der Waals surface area contributed by atoms with Crippen LogP contribution < -0.4 is 5.73 Å². The standard InChI is InChI=1S/C12H26N2/c1-3-4-7-11(2)12(10-14)8-5-6-9-13/h9,11-13H,3-8,10,14H2,1-2H3. The number of nitrogens with two attached hydrogens (primary N) is 1. The molecule has 2 heteroatoms. The van der Waals surface area contributed by atoms with Gasteiger partial charge in [0, 0.05) is 0 Å². The summed E-state index contributed by atoms with van der Waals surface area (Å²) in [5, 5.41) is 6.97. The Hall–Kier alpha value is -0.370. The van der Waals surface area contributed by atoms with Crippen molar-refractivity contribution in [3.05, 3.63) is 0 Å². The van der Waals surface area contributed by atoms with Gasteiger partial charge < -0.3 is 11.1 Å². The molecule has 0 fully saturated rings. The Bertz CT molecular complexity index is 134. The third kappa shape index (κ3) is 6.14. The van der Waals surface area contributed by atoms with Gasteiger partial charge in [0.25, 0.3) is 0 Å². The van der Waals surface area contributed by atoms with Crippen molar-refractivity contribution in [3.63, 3.8) is 0 Å². The van der Waals surface area contributed by atoms with Gasteiger partial charge in [-0.15, -0.1) is 0 Å². The fraction of sp³-hybridized carbons (Fsp3) is 0.917. The van der Waals surface area contributed by atoms with Crippen LogP contribution >= 0.6 is 0 Å². The topological polar surface area (TPSA) is 49.9 Å². The zero-order valence-corrected chi connectivity index (χ0v) is 9.76. The zero-order chi connectivity index (χ0) is 10.8. The fourth-order valence-corrected chi connectivity index (χ4v) is 1.88. The summed E-state index contributed by atoms with van der Waals surface area (Å²) in [4.78, 5) is 0. The van der Waals surface area contributed by atoms with Crippen LogP contribution in [-0.4, -0.2) is 12.8 Å². The van der Waals surface area contributed by atoms with E-state index in [-0.39, 0.29) is 0 Å². The summed E-state index contributed by atoms with van der Waals surface area (Å²) in [7, 11) is 0. The van der Waals surface area contributed by atoms with E-state index in [9.17, 15) is 0 Å². The molecule has 0 saturated carbocycles. The Morgan fingerprint density at radius 2 is 2.00 bits per heavy atom. The first-order chi connectivity index (χ1) is 6.76. The quantitative estimate of drug-likeness (QED) is 0.434. The Kier molecular flexibility index (Phi) is 8.95. The summed E-state index contributed by atoms with van der Waals surface area (Å²) in [6.45, 7) is 5.36. The van der Waals surface area contributed by atoms with Crippen molar-refractivity contribution >= 4 is 6.21 Å². The number of unbranched alkanes of at least 4 members (excludes halogenated alkanes) is 2. The Balaban J connectivity index is 3.67. The lowest BCUT2D eigenvalue weighted by Crippen LogP contribution is -2.21. The highest BCUT2D eigenvalue weighted by Gasteiger charge is 2.14. The highest BCUT2D eigenvalue weighted by molar-refractivity contribution is 5.52. The molecule has 0 aliphatic carbocycles. The Morgan fingerprint density at radius 1 is 1.29 bits per heavy atom. The molecule has 0 heterocycles. The minimum absolute atomic E-state index is 0.668. The molecule has 84 valence electrons. The molecule has 2 atom stereocenters. The van der Waals surface area contributed by atoms with Gasteiger partial charge >= 0.3 is 0 Å². The smallest absolute Gasteiger partial charge is 0.00463 e. The van der Waals surface area contributed by atoms with Gasteiger partial charge in [-0.05, 0) is 43.9 Å².